The van der Waals surface area contributed by atoms with Crippen molar-refractivity contribution in [3.05, 3.63) is 76.1 Å². The highest BCUT2D eigenvalue weighted by Gasteiger charge is 2.16. The molecule has 1 heterocycles. The molecule has 0 amide bonds. The van der Waals surface area contributed by atoms with Gasteiger partial charge in [0.15, 0.2) is 0 Å². The number of fused-ring (bicyclic) bond motifs is 1. The zero-order valence-corrected chi connectivity index (χ0v) is 13.6. The van der Waals surface area contributed by atoms with Crippen LogP contribution in [-0.4, -0.2) is 5.97 Å². The molecule has 0 aliphatic rings. The van der Waals surface area contributed by atoms with Crippen LogP contribution in [0.25, 0.3) is 11.0 Å². The Bertz CT molecular complexity index is 884. The summed E-state index contributed by atoms with van der Waals surface area (Å²) in [7, 11) is 0. The van der Waals surface area contributed by atoms with E-state index in [1.54, 1.807) is 30.3 Å². The van der Waals surface area contributed by atoms with Gasteiger partial charge >= 0.3 is 11.6 Å². The number of hydrogen-bond acceptors (Lipinski definition) is 4. The van der Waals surface area contributed by atoms with Crippen molar-refractivity contribution < 1.29 is 13.9 Å². The van der Waals surface area contributed by atoms with Gasteiger partial charge in [0.25, 0.3) is 0 Å². The zero-order chi connectivity index (χ0) is 15.5. The van der Waals surface area contributed by atoms with Crippen molar-refractivity contribution in [2.75, 3.05) is 0 Å². The molecule has 3 rings (SSSR count). The van der Waals surface area contributed by atoms with Crippen molar-refractivity contribution in [1.29, 1.82) is 0 Å². The second kappa shape index (κ2) is 6.31. The van der Waals surface area contributed by atoms with Crippen LogP contribution in [0.3, 0.4) is 0 Å². The lowest BCUT2D eigenvalue weighted by Gasteiger charge is -2.05. The van der Waals surface area contributed by atoms with E-state index in [2.05, 4.69) is 22.6 Å². The fraction of sp³-hybridized carbons (Fsp3) is 0.0588. The number of rotatable bonds is 3. The summed E-state index contributed by atoms with van der Waals surface area (Å²) in [5, 5.41) is 0.703. The third-order valence-corrected chi connectivity index (χ3v) is 4.01. The minimum atomic E-state index is -0.721. The van der Waals surface area contributed by atoms with Crippen molar-refractivity contribution in [2.24, 2.45) is 0 Å². The van der Waals surface area contributed by atoms with E-state index in [0.717, 1.165) is 9.99 Å². The number of esters is 1. The largest absolute Gasteiger partial charge is 0.423 e. The number of halogens is 1. The summed E-state index contributed by atoms with van der Waals surface area (Å²) >= 11 is 2.25. The van der Waals surface area contributed by atoms with Gasteiger partial charge in [0, 0.05) is 9.81 Å². The van der Waals surface area contributed by atoms with E-state index < -0.39 is 11.6 Å². The second-order valence-corrected chi connectivity index (χ2v) is 5.42. The summed E-state index contributed by atoms with van der Waals surface area (Å²) < 4.78 is 11.2. The molecule has 0 saturated carbocycles. The van der Waals surface area contributed by atoms with Crippen LogP contribution in [0.4, 0.5) is 0 Å². The SMILES string of the molecule is O=C(Oc1ccccc1)c1cc2cc(CI)ccc2oc1=O. The first kappa shape index (κ1) is 14.8. The van der Waals surface area contributed by atoms with E-state index in [9.17, 15) is 9.59 Å². The Morgan fingerprint density at radius 3 is 2.59 bits per heavy atom. The van der Waals surface area contributed by atoms with Gasteiger partial charge in [-0.05, 0) is 35.9 Å². The summed E-state index contributed by atoms with van der Waals surface area (Å²) in [5.74, 6) is -0.338. The summed E-state index contributed by atoms with van der Waals surface area (Å²) in [4.78, 5) is 24.1. The third-order valence-electron chi connectivity index (χ3n) is 3.12. The lowest BCUT2D eigenvalue weighted by atomic mass is 10.1. The summed E-state index contributed by atoms with van der Waals surface area (Å²) in [6, 6.07) is 15.6. The maximum atomic E-state index is 12.1. The van der Waals surface area contributed by atoms with E-state index in [1.165, 1.54) is 6.07 Å². The molecular formula is C17H11IO4. The van der Waals surface area contributed by atoms with Gasteiger partial charge in [0.2, 0.25) is 0 Å². The second-order valence-electron chi connectivity index (χ2n) is 4.66. The zero-order valence-electron chi connectivity index (χ0n) is 11.4. The number of para-hydroxylation sites is 1. The first-order valence-corrected chi connectivity index (χ1v) is 8.10. The van der Waals surface area contributed by atoms with Gasteiger partial charge < -0.3 is 9.15 Å². The molecule has 110 valence electrons. The highest BCUT2D eigenvalue weighted by molar-refractivity contribution is 14.1. The number of carbonyl (C=O) groups is 1. The van der Waals surface area contributed by atoms with Gasteiger partial charge in [0.1, 0.15) is 16.9 Å². The first-order chi connectivity index (χ1) is 10.7. The van der Waals surface area contributed by atoms with Gasteiger partial charge in [-0.1, -0.05) is 46.9 Å². The average Bonchev–Trinajstić information content (AvgIpc) is 2.54. The molecule has 0 bridgehead atoms. The fourth-order valence-corrected chi connectivity index (χ4v) is 2.52. The monoisotopic (exact) mass is 406 g/mol. The standard InChI is InChI=1S/C17H11IO4/c18-10-11-6-7-15-12(8-11)9-14(17(20)22-15)16(19)21-13-4-2-1-3-5-13/h1-9H,10H2. The predicted molar refractivity (Wildman–Crippen MR) is 91.6 cm³/mol. The maximum Gasteiger partial charge on any atom is 0.351 e. The van der Waals surface area contributed by atoms with Crippen molar-refractivity contribution in [3.8, 4) is 5.75 Å². The Labute approximate surface area is 139 Å². The molecule has 0 saturated heterocycles. The molecule has 0 aliphatic heterocycles. The van der Waals surface area contributed by atoms with Crippen LogP contribution in [-0.2, 0) is 4.43 Å². The summed E-state index contributed by atoms with van der Waals surface area (Å²) in [6.07, 6.45) is 0. The summed E-state index contributed by atoms with van der Waals surface area (Å²) in [6.45, 7) is 0. The number of benzene rings is 2. The van der Waals surface area contributed by atoms with Crippen LogP contribution in [0.1, 0.15) is 15.9 Å². The number of carbonyl (C=O) groups excluding carboxylic acids is 1. The van der Waals surface area contributed by atoms with Crippen molar-refractivity contribution in [1.82, 2.24) is 0 Å². The lowest BCUT2D eigenvalue weighted by Crippen LogP contribution is -2.18. The van der Waals surface area contributed by atoms with Crippen LogP contribution < -0.4 is 10.4 Å². The number of hydrogen-bond donors (Lipinski definition) is 0. The Morgan fingerprint density at radius 1 is 1.09 bits per heavy atom. The van der Waals surface area contributed by atoms with E-state index in [-0.39, 0.29) is 5.56 Å². The summed E-state index contributed by atoms with van der Waals surface area (Å²) in [5.41, 5.74) is 0.733. The fourth-order valence-electron chi connectivity index (χ4n) is 2.05. The van der Waals surface area contributed by atoms with Gasteiger partial charge in [-0.15, -0.1) is 0 Å². The van der Waals surface area contributed by atoms with E-state index in [0.29, 0.717) is 16.7 Å². The minimum absolute atomic E-state index is 0.109. The maximum absolute atomic E-state index is 12.1. The first-order valence-electron chi connectivity index (χ1n) is 6.57. The average molecular weight is 406 g/mol. The number of ether oxygens (including phenoxy) is 1. The molecule has 0 unspecified atom stereocenters. The molecule has 0 spiro atoms. The molecular weight excluding hydrogens is 395 g/mol. The molecule has 0 fully saturated rings. The smallest absolute Gasteiger partial charge is 0.351 e. The van der Waals surface area contributed by atoms with Gasteiger partial charge in [-0.2, -0.15) is 0 Å². The minimum Gasteiger partial charge on any atom is -0.423 e. The Kier molecular flexibility index (Phi) is 4.24. The van der Waals surface area contributed by atoms with Crippen molar-refractivity contribution in [2.45, 2.75) is 4.43 Å². The molecule has 0 aliphatic carbocycles. The highest BCUT2D eigenvalue weighted by Crippen LogP contribution is 2.18. The third kappa shape index (κ3) is 3.04. The Hall–Kier alpha value is -2.15. The predicted octanol–water partition coefficient (Wildman–Crippen LogP) is 3.95. The molecule has 0 radical (unpaired) electrons. The van der Waals surface area contributed by atoms with Crippen LogP contribution in [0.2, 0.25) is 0 Å². The quantitative estimate of drug-likeness (QED) is 0.217. The Balaban J connectivity index is 2.00. The highest BCUT2D eigenvalue weighted by atomic mass is 127. The van der Waals surface area contributed by atoms with Crippen LogP contribution in [0.15, 0.2) is 63.8 Å². The normalized spacial score (nSPS) is 10.6. The number of alkyl halides is 1. The van der Waals surface area contributed by atoms with Crippen LogP contribution in [0, 0.1) is 0 Å². The molecule has 22 heavy (non-hydrogen) atoms. The van der Waals surface area contributed by atoms with Gasteiger partial charge in [0.05, 0.1) is 0 Å². The van der Waals surface area contributed by atoms with E-state index >= 15 is 0 Å². The van der Waals surface area contributed by atoms with Gasteiger partial charge in [-0.3, -0.25) is 0 Å². The van der Waals surface area contributed by atoms with Crippen LogP contribution in [0.5, 0.6) is 5.75 Å². The molecule has 1 aromatic heterocycles. The molecule has 4 nitrogen and oxygen atoms in total. The Morgan fingerprint density at radius 2 is 1.86 bits per heavy atom. The molecule has 3 aromatic rings. The van der Waals surface area contributed by atoms with Crippen molar-refractivity contribution in [3.63, 3.8) is 0 Å². The van der Waals surface area contributed by atoms with Gasteiger partial charge in [-0.25, -0.2) is 9.59 Å². The van der Waals surface area contributed by atoms with Crippen molar-refractivity contribution >= 4 is 39.5 Å². The van der Waals surface area contributed by atoms with E-state index in [4.69, 9.17) is 9.15 Å². The lowest BCUT2D eigenvalue weighted by molar-refractivity contribution is 0.0730. The topological polar surface area (TPSA) is 56.5 Å². The van der Waals surface area contributed by atoms with E-state index in [1.807, 2.05) is 18.2 Å². The molecule has 0 N–H and O–H groups in total. The molecule has 2 aromatic carbocycles. The molecule has 0 atom stereocenters. The molecule has 5 heteroatoms. The van der Waals surface area contributed by atoms with Crippen LogP contribution >= 0.6 is 22.6 Å².